The lowest BCUT2D eigenvalue weighted by Gasteiger charge is -2.36. The van der Waals surface area contributed by atoms with Crippen LogP contribution in [0, 0.1) is 0 Å². The molecule has 30 heavy (non-hydrogen) atoms. The summed E-state index contributed by atoms with van der Waals surface area (Å²) in [6.45, 7) is 22.7. The van der Waals surface area contributed by atoms with Crippen LogP contribution in [0.4, 0.5) is 9.59 Å². The van der Waals surface area contributed by atoms with Crippen molar-refractivity contribution in [2.45, 2.75) is 105 Å². The van der Waals surface area contributed by atoms with Crippen molar-refractivity contribution in [2.24, 2.45) is 20.5 Å². The number of carbonyl (C=O) groups excluding carboxylic acids is 2. The Morgan fingerprint density at radius 3 is 1.07 bits per heavy atom. The van der Waals surface area contributed by atoms with Gasteiger partial charge in [0.05, 0.1) is 11.1 Å². The lowest BCUT2D eigenvalue weighted by Crippen LogP contribution is -2.60. The molecule has 0 aliphatic heterocycles. The van der Waals surface area contributed by atoms with Gasteiger partial charge < -0.3 is 10.6 Å². The second kappa shape index (κ2) is 10.2. The smallest absolute Gasteiger partial charge is 0.311 e. The molecule has 0 aromatic heterocycles. The Kier molecular flexibility index (Phi) is 9.40. The van der Waals surface area contributed by atoms with Crippen LogP contribution in [0.25, 0.3) is 0 Å². The van der Waals surface area contributed by atoms with Gasteiger partial charge in [-0.1, -0.05) is 0 Å². The Bertz CT molecular complexity index is 586. The monoisotopic (exact) mass is 426 g/mol. The number of rotatable bonds is 6. The zero-order valence-electron chi connectivity index (χ0n) is 20.9. The number of amides is 4. The van der Waals surface area contributed by atoms with Crippen molar-refractivity contribution in [3.63, 3.8) is 0 Å². The lowest BCUT2D eigenvalue weighted by molar-refractivity contribution is 0.0469. The van der Waals surface area contributed by atoms with Crippen LogP contribution in [0.1, 0.15) is 83.1 Å². The molecular formula is C20H42N8O2. The van der Waals surface area contributed by atoms with E-state index in [1.165, 1.54) is 10.0 Å². The summed E-state index contributed by atoms with van der Waals surface area (Å²) in [5.74, 6) is 0. The fraction of sp³-hybridized carbons (Fsp3) is 0.900. The van der Waals surface area contributed by atoms with Crippen LogP contribution in [0.2, 0.25) is 0 Å². The summed E-state index contributed by atoms with van der Waals surface area (Å²) in [5, 5.41) is 25.3. The Morgan fingerprint density at radius 2 is 0.867 bits per heavy atom. The van der Waals surface area contributed by atoms with E-state index in [1.54, 1.807) is 41.5 Å². The van der Waals surface area contributed by atoms with Crippen molar-refractivity contribution in [1.82, 2.24) is 20.7 Å². The largest absolute Gasteiger partial charge is 0.338 e. The minimum absolute atomic E-state index is 0.295. The van der Waals surface area contributed by atoms with Crippen molar-refractivity contribution >= 4 is 12.1 Å². The molecule has 0 atom stereocenters. The van der Waals surface area contributed by atoms with E-state index in [2.05, 4.69) is 31.1 Å². The highest BCUT2D eigenvalue weighted by atomic mass is 16.2. The molecule has 0 saturated heterocycles. The molecule has 0 rings (SSSR count). The maximum atomic E-state index is 12.9. The van der Waals surface area contributed by atoms with Crippen molar-refractivity contribution in [1.29, 1.82) is 0 Å². The number of nitrogens with zero attached hydrogens (tertiary/aromatic N) is 6. The molecule has 0 aliphatic carbocycles. The predicted molar refractivity (Wildman–Crippen MR) is 119 cm³/mol. The van der Waals surface area contributed by atoms with Crippen LogP contribution in [0.3, 0.4) is 0 Å². The van der Waals surface area contributed by atoms with Crippen LogP contribution in [-0.4, -0.2) is 57.6 Å². The number of hydrogen-bond acceptors (Lipinski definition) is 6. The minimum Gasteiger partial charge on any atom is -0.311 e. The number of carbonyl (C=O) groups is 2. The Hall–Kier alpha value is -2.26. The van der Waals surface area contributed by atoms with Crippen molar-refractivity contribution in [3.05, 3.63) is 0 Å². The fourth-order valence-electron chi connectivity index (χ4n) is 2.10. The third-order valence-corrected chi connectivity index (χ3v) is 3.39. The van der Waals surface area contributed by atoms with Crippen LogP contribution >= 0.6 is 0 Å². The average Bonchev–Trinajstić information content (AvgIpc) is 2.54. The number of azo groups is 2. The summed E-state index contributed by atoms with van der Waals surface area (Å²) >= 11 is 0. The molecule has 10 heteroatoms. The summed E-state index contributed by atoms with van der Waals surface area (Å²) < 4.78 is 0. The van der Waals surface area contributed by atoms with Crippen LogP contribution in [0.15, 0.2) is 20.5 Å². The number of hydrazine groups is 1. The zero-order valence-corrected chi connectivity index (χ0v) is 20.9. The lowest BCUT2D eigenvalue weighted by atomic mass is 10.1. The number of urea groups is 2. The highest BCUT2D eigenvalue weighted by Gasteiger charge is 2.31. The van der Waals surface area contributed by atoms with Crippen molar-refractivity contribution in [3.8, 4) is 0 Å². The summed E-state index contributed by atoms with van der Waals surface area (Å²) in [7, 11) is 0. The normalized spacial score (nSPS) is 13.6. The van der Waals surface area contributed by atoms with E-state index in [1.807, 2.05) is 41.5 Å². The Balaban J connectivity index is 5.40. The molecule has 0 fully saturated rings. The standard InChI is InChI=1S/C20H42N8O2/c1-13-27(15(29)21-19(9,10)25-23-17(3,4)5)28(14-2)16(30)22-20(11,12)26-24-18(6,7)8/h13-14H2,1-12H3,(H,21,29)(H,22,30)/b25-23+,26-24+. The summed E-state index contributed by atoms with van der Waals surface area (Å²) in [4.78, 5) is 25.8. The zero-order chi connectivity index (χ0) is 24.0. The van der Waals surface area contributed by atoms with E-state index in [0.717, 1.165) is 0 Å². The molecular weight excluding hydrogens is 384 g/mol. The highest BCUT2D eigenvalue weighted by molar-refractivity contribution is 5.81. The fourth-order valence-corrected chi connectivity index (χ4v) is 2.10. The quantitative estimate of drug-likeness (QED) is 0.463. The second-order valence-corrected chi connectivity index (χ2v) is 10.2. The van der Waals surface area contributed by atoms with Gasteiger partial charge in [0, 0.05) is 13.1 Å². The summed E-state index contributed by atoms with van der Waals surface area (Å²) in [6, 6.07) is -0.886. The summed E-state index contributed by atoms with van der Waals surface area (Å²) in [5.41, 5.74) is -2.55. The first kappa shape index (κ1) is 27.7. The van der Waals surface area contributed by atoms with Crippen LogP contribution in [0.5, 0.6) is 0 Å². The van der Waals surface area contributed by atoms with Crippen molar-refractivity contribution < 1.29 is 9.59 Å². The molecule has 0 unspecified atom stereocenters. The van der Waals surface area contributed by atoms with E-state index in [9.17, 15) is 9.59 Å². The van der Waals surface area contributed by atoms with Gasteiger partial charge in [-0.3, -0.25) is 0 Å². The predicted octanol–water partition coefficient (Wildman–Crippen LogP) is 4.94. The van der Waals surface area contributed by atoms with E-state index >= 15 is 0 Å². The molecule has 0 aromatic carbocycles. The molecule has 2 N–H and O–H groups in total. The maximum absolute atomic E-state index is 12.9. The molecule has 0 heterocycles. The topological polar surface area (TPSA) is 114 Å². The maximum Gasteiger partial charge on any atom is 0.338 e. The van der Waals surface area contributed by atoms with E-state index in [-0.39, 0.29) is 11.1 Å². The highest BCUT2D eigenvalue weighted by Crippen LogP contribution is 2.15. The van der Waals surface area contributed by atoms with Gasteiger partial charge in [-0.15, -0.1) is 0 Å². The Labute approximate surface area is 181 Å². The third-order valence-electron chi connectivity index (χ3n) is 3.39. The van der Waals surface area contributed by atoms with Crippen LogP contribution in [-0.2, 0) is 0 Å². The van der Waals surface area contributed by atoms with E-state index in [4.69, 9.17) is 0 Å². The molecule has 0 saturated carbocycles. The van der Waals surface area contributed by atoms with Gasteiger partial charge in [0.1, 0.15) is 11.3 Å². The molecule has 0 aliphatic rings. The first-order valence-corrected chi connectivity index (χ1v) is 10.4. The van der Waals surface area contributed by atoms with Gasteiger partial charge in [0.25, 0.3) is 0 Å². The van der Waals surface area contributed by atoms with Gasteiger partial charge >= 0.3 is 12.1 Å². The third kappa shape index (κ3) is 11.1. The molecule has 174 valence electrons. The second-order valence-electron chi connectivity index (χ2n) is 10.2. The SMILES string of the molecule is CCN(C(=O)NC(C)(C)/N=N/C(C)(C)C)N(CC)C(=O)NC(C)(C)/N=N/C(C)(C)C. The average molecular weight is 427 g/mol. The van der Waals surface area contributed by atoms with E-state index < -0.39 is 23.4 Å². The van der Waals surface area contributed by atoms with Gasteiger partial charge in [-0.2, -0.15) is 20.5 Å². The number of nitrogens with one attached hydrogen (secondary N) is 2. The first-order valence-electron chi connectivity index (χ1n) is 10.4. The van der Waals surface area contributed by atoms with Gasteiger partial charge in [0.15, 0.2) is 0 Å². The van der Waals surface area contributed by atoms with Gasteiger partial charge in [-0.05, 0) is 83.1 Å². The van der Waals surface area contributed by atoms with Crippen molar-refractivity contribution in [2.75, 3.05) is 13.1 Å². The van der Waals surface area contributed by atoms with Gasteiger partial charge in [-0.25, -0.2) is 19.6 Å². The van der Waals surface area contributed by atoms with E-state index in [0.29, 0.717) is 13.1 Å². The van der Waals surface area contributed by atoms with Gasteiger partial charge in [0.2, 0.25) is 0 Å². The molecule has 0 radical (unpaired) electrons. The molecule has 10 nitrogen and oxygen atoms in total. The first-order chi connectivity index (χ1) is 13.3. The van der Waals surface area contributed by atoms with Crippen LogP contribution < -0.4 is 10.6 Å². The molecule has 0 aromatic rings. The molecule has 0 bridgehead atoms. The Morgan fingerprint density at radius 1 is 0.600 bits per heavy atom. The minimum atomic E-state index is -0.923. The molecule has 0 spiro atoms. The molecule has 4 amide bonds. The summed E-state index contributed by atoms with van der Waals surface area (Å²) in [6.07, 6.45) is 0. The number of hydrogen-bond donors (Lipinski definition) is 2.